The number of carboxylic acids is 1. The Morgan fingerprint density at radius 1 is 1.15 bits per heavy atom. The van der Waals surface area contributed by atoms with Gasteiger partial charge in [-0.1, -0.05) is 0 Å². The van der Waals surface area contributed by atoms with Crippen LogP contribution < -0.4 is 19.5 Å². The van der Waals surface area contributed by atoms with Crippen molar-refractivity contribution in [1.82, 2.24) is 10.2 Å². The van der Waals surface area contributed by atoms with Crippen molar-refractivity contribution in [3.8, 4) is 17.2 Å². The van der Waals surface area contributed by atoms with E-state index in [0.29, 0.717) is 49.6 Å². The lowest BCUT2D eigenvalue weighted by Gasteiger charge is -2.31. The van der Waals surface area contributed by atoms with Crippen LogP contribution in [0.4, 0.5) is 4.79 Å². The zero-order valence-corrected chi connectivity index (χ0v) is 16.3. The van der Waals surface area contributed by atoms with Gasteiger partial charge in [0, 0.05) is 36.8 Å². The summed E-state index contributed by atoms with van der Waals surface area (Å²) in [6.07, 6.45) is 1.49. The first-order chi connectivity index (χ1) is 12.9. The molecule has 1 unspecified atom stereocenters. The lowest BCUT2D eigenvalue weighted by Crippen LogP contribution is -2.48. The Balaban J connectivity index is 2.00. The summed E-state index contributed by atoms with van der Waals surface area (Å²) in [4.78, 5) is 25.2. The number of likely N-dealkylation sites (tertiary alicyclic amines) is 1. The van der Waals surface area contributed by atoms with Crippen molar-refractivity contribution in [2.45, 2.75) is 32.2 Å². The predicted octanol–water partition coefficient (Wildman–Crippen LogP) is 2.15. The Labute approximate surface area is 159 Å². The highest BCUT2D eigenvalue weighted by molar-refractivity contribution is 5.75. The number of amides is 2. The van der Waals surface area contributed by atoms with Gasteiger partial charge in [-0.2, -0.15) is 0 Å². The number of nitrogens with one attached hydrogen (secondary N) is 1. The van der Waals surface area contributed by atoms with Gasteiger partial charge < -0.3 is 29.5 Å². The van der Waals surface area contributed by atoms with E-state index in [4.69, 9.17) is 19.3 Å². The highest BCUT2D eigenvalue weighted by Gasteiger charge is 2.27. The van der Waals surface area contributed by atoms with Gasteiger partial charge in [-0.25, -0.2) is 4.79 Å². The van der Waals surface area contributed by atoms with E-state index in [1.54, 1.807) is 38.4 Å². The Morgan fingerprint density at radius 3 is 2.15 bits per heavy atom. The number of piperidine rings is 1. The molecule has 1 aliphatic rings. The van der Waals surface area contributed by atoms with Crippen molar-refractivity contribution in [1.29, 1.82) is 0 Å². The maximum atomic E-state index is 12.5. The summed E-state index contributed by atoms with van der Waals surface area (Å²) in [5.74, 6) is 0.746. The quantitative estimate of drug-likeness (QED) is 0.752. The van der Waals surface area contributed by atoms with E-state index in [2.05, 4.69) is 5.32 Å². The molecule has 0 aromatic heterocycles. The van der Waals surface area contributed by atoms with Gasteiger partial charge in [-0.15, -0.1) is 0 Å². The van der Waals surface area contributed by atoms with Gasteiger partial charge in [0.15, 0.2) is 0 Å². The monoisotopic (exact) mass is 380 g/mol. The normalized spacial score (nSPS) is 15.8. The summed E-state index contributed by atoms with van der Waals surface area (Å²) in [5, 5.41) is 12.0. The molecular weight excluding hydrogens is 352 g/mol. The summed E-state index contributed by atoms with van der Waals surface area (Å²) in [6, 6.07) is 3.22. The van der Waals surface area contributed by atoms with Crippen LogP contribution in [0.2, 0.25) is 0 Å². The van der Waals surface area contributed by atoms with Gasteiger partial charge in [0.2, 0.25) is 0 Å². The average Bonchev–Trinajstić information content (AvgIpc) is 2.67. The molecule has 1 fully saturated rings. The highest BCUT2D eigenvalue weighted by atomic mass is 16.5. The number of benzene rings is 1. The van der Waals surface area contributed by atoms with Crippen LogP contribution in [0.15, 0.2) is 12.1 Å². The summed E-state index contributed by atoms with van der Waals surface area (Å²) < 4.78 is 16.1. The third kappa shape index (κ3) is 5.18. The largest absolute Gasteiger partial charge is 0.496 e. The van der Waals surface area contributed by atoms with Crippen LogP contribution in [0, 0.1) is 5.92 Å². The van der Waals surface area contributed by atoms with Gasteiger partial charge in [0.1, 0.15) is 17.2 Å². The topological polar surface area (TPSA) is 97.3 Å². The summed E-state index contributed by atoms with van der Waals surface area (Å²) in [7, 11) is 4.73. The fourth-order valence-electron chi connectivity index (χ4n) is 3.27. The SMILES string of the molecule is COc1cc(OC)c(CC(C)NC(=O)N2CCC(C(=O)O)CC2)c(OC)c1. The standard InChI is InChI=1S/C19H28N2O6/c1-12(20-19(24)21-7-5-13(6-8-21)18(22)23)9-15-16(26-3)10-14(25-2)11-17(15)27-4/h10-13H,5-9H2,1-4H3,(H,20,24)(H,22,23). The number of nitrogens with zero attached hydrogens (tertiary/aromatic N) is 1. The zero-order valence-electron chi connectivity index (χ0n) is 16.3. The fraction of sp³-hybridized carbons (Fsp3) is 0.579. The zero-order chi connectivity index (χ0) is 20.0. The van der Waals surface area contributed by atoms with E-state index >= 15 is 0 Å². The first-order valence-corrected chi connectivity index (χ1v) is 8.96. The molecule has 8 nitrogen and oxygen atoms in total. The maximum Gasteiger partial charge on any atom is 0.317 e. The molecule has 1 aromatic carbocycles. The molecule has 2 N–H and O–H groups in total. The molecule has 0 aliphatic carbocycles. The number of aliphatic carboxylic acids is 1. The molecule has 150 valence electrons. The molecule has 0 radical (unpaired) electrons. The molecule has 1 heterocycles. The molecule has 1 aliphatic heterocycles. The first-order valence-electron chi connectivity index (χ1n) is 8.96. The van der Waals surface area contributed by atoms with Crippen LogP contribution in [-0.2, 0) is 11.2 Å². The molecule has 8 heteroatoms. The van der Waals surface area contributed by atoms with Gasteiger partial charge in [-0.3, -0.25) is 4.79 Å². The first kappa shape index (κ1) is 20.7. The number of hydrogen-bond donors (Lipinski definition) is 2. The van der Waals surface area contributed by atoms with Crippen LogP contribution in [0.25, 0.3) is 0 Å². The number of carboxylic acid groups (broad SMARTS) is 1. The second kappa shape index (κ2) is 9.34. The Morgan fingerprint density at radius 2 is 1.70 bits per heavy atom. The Hall–Kier alpha value is -2.64. The lowest BCUT2D eigenvalue weighted by molar-refractivity contribution is -0.143. The molecule has 2 rings (SSSR count). The number of carbonyl (C=O) groups excluding carboxylic acids is 1. The van der Waals surface area contributed by atoms with Crippen LogP contribution in [-0.4, -0.2) is 62.5 Å². The number of carbonyl (C=O) groups is 2. The smallest absolute Gasteiger partial charge is 0.317 e. The van der Waals surface area contributed by atoms with Crippen molar-refractivity contribution in [3.63, 3.8) is 0 Å². The number of methoxy groups -OCH3 is 3. The van der Waals surface area contributed by atoms with Crippen molar-refractivity contribution in [2.75, 3.05) is 34.4 Å². The minimum Gasteiger partial charge on any atom is -0.496 e. The minimum atomic E-state index is -0.790. The Kier molecular flexibility index (Phi) is 7.15. The molecule has 2 amide bonds. The van der Waals surface area contributed by atoms with Crippen LogP contribution in [0.3, 0.4) is 0 Å². The third-order valence-corrected chi connectivity index (χ3v) is 4.83. The number of ether oxygens (including phenoxy) is 3. The molecule has 1 saturated heterocycles. The minimum absolute atomic E-state index is 0.161. The molecule has 0 bridgehead atoms. The van der Waals surface area contributed by atoms with E-state index in [0.717, 1.165) is 5.56 Å². The van der Waals surface area contributed by atoms with Gasteiger partial charge >= 0.3 is 12.0 Å². The van der Waals surface area contributed by atoms with Crippen LogP contribution >= 0.6 is 0 Å². The van der Waals surface area contributed by atoms with E-state index in [1.165, 1.54) is 0 Å². The predicted molar refractivity (Wildman–Crippen MR) is 99.7 cm³/mol. The molecule has 1 aromatic rings. The number of hydrogen-bond acceptors (Lipinski definition) is 5. The van der Waals surface area contributed by atoms with Gasteiger partial charge in [0.05, 0.1) is 27.2 Å². The number of urea groups is 1. The second-order valence-electron chi connectivity index (χ2n) is 6.66. The van der Waals surface area contributed by atoms with Crippen molar-refractivity contribution >= 4 is 12.0 Å². The second-order valence-corrected chi connectivity index (χ2v) is 6.66. The Bertz CT molecular complexity index is 645. The van der Waals surface area contributed by atoms with E-state index < -0.39 is 5.97 Å². The third-order valence-electron chi connectivity index (χ3n) is 4.83. The van der Waals surface area contributed by atoms with Crippen molar-refractivity contribution in [3.05, 3.63) is 17.7 Å². The van der Waals surface area contributed by atoms with Gasteiger partial charge in [0.25, 0.3) is 0 Å². The summed E-state index contributed by atoms with van der Waals surface area (Å²) in [5.41, 5.74) is 0.846. The van der Waals surface area contributed by atoms with Crippen molar-refractivity contribution < 1.29 is 28.9 Å². The maximum absolute atomic E-state index is 12.5. The highest BCUT2D eigenvalue weighted by Crippen LogP contribution is 2.34. The van der Waals surface area contributed by atoms with Crippen LogP contribution in [0.5, 0.6) is 17.2 Å². The number of rotatable bonds is 7. The van der Waals surface area contributed by atoms with Gasteiger partial charge in [-0.05, 0) is 26.2 Å². The van der Waals surface area contributed by atoms with E-state index in [9.17, 15) is 9.59 Å². The molecule has 0 saturated carbocycles. The van der Waals surface area contributed by atoms with E-state index in [-0.39, 0.29) is 18.0 Å². The summed E-state index contributed by atoms with van der Waals surface area (Å²) >= 11 is 0. The van der Waals surface area contributed by atoms with E-state index in [1.807, 2.05) is 6.92 Å². The molecule has 27 heavy (non-hydrogen) atoms. The molecule has 0 spiro atoms. The molecular formula is C19H28N2O6. The average molecular weight is 380 g/mol. The fourth-order valence-corrected chi connectivity index (χ4v) is 3.27. The van der Waals surface area contributed by atoms with Crippen LogP contribution in [0.1, 0.15) is 25.3 Å². The van der Waals surface area contributed by atoms with Crippen molar-refractivity contribution in [2.24, 2.45) is 5.92 Å². The molecule has 1 atom stereocenters. The summed E-state index contributed by atoms with van der Waals surface area (Å²) in [6.45, 7) is 2.81. The lowest BCUT2D eigenvalue weighted by atomic mass is 9.97.